The van der Waals surface area contributed by atoms with Crippen LogP contribution in [0.25, 0.3) is 0 Å². The van der Waals surface area contributed by atoms with Gasteiger partial charge in [-0.3, -0.25) is 0 Å². The Kier molecular flexibility index (Phi) is 5.24. The van der Waals surface area contributed by atoms with E-state index >= 15 is 0 Å². The molecule has 2 amide bonds. The van der Waals surface area contributed by atoms with Crippen molar-refractivity contribution in [3.8, 4) is 5.75 Å². The summed E-state index contributed by atoms with van der Waals surface area (Å²) in [6, 6.07) is 5.18. The summed E-state index contributed by atoms with van der Waals surface area (Å²) in [6.45, 7) is 0.175. The van der Waals surface area contributed by atoms with Gasteiger partial charge in [-0.1, -0.05) is 12.1 Å². The molecule has 0 unspecified atom stereocenters. The Balaban J connectivity index is 3.04. The largest absolute Gasteiger partial charge is 0.491 e. The highest BCUT2D eigenvalue weighted by Gasteiger charge is 2.21. The fraction of sp³-hybridized carbons (Fsp3) is 0.300. The van der Waals surface area contributed by atoms with Crippen molar-refractivity contribution >= 4 is 27.7 Å². The number of rotatable bonds is 5. The summed E-state index contributed by atoms with van der Waals surface area (Å²) in [5, 5.41) is 2.16. The number of urea groups is 1. The molecule has 0 aliphatic carbocycles. The smallest absolute Gasteiger partial charge is 0.328 e. The molecule has 0 heterocycles. The number of amides is 2. The van der Waals surface area contributed by atoms with Crippen molar-refractivity contribution < 1.29 is 17.9 Å². The Morgan fingerprint density at radius 2 is 2.06 bits per heavy atom. The van der Waals surface area contributed by atoms with E-state index < -0.39 is 16.1 Å². The molecule has 6 nitrogen and oxygen atoms in total. The third kappa shape index (κ3) is 3.78. The zero-order valence-electron chi connectivity index (χ0n) is 9.64. The van der Waals surface area contributed by atoms with Crippen LogP contribution in [0.5, 0.6) is 5.75 Å². The standard InChI is InChI=1S/C10H13ClN2O4S/c1-12-10(14)13-18(15,16)9-5-3-2-4-8(9)17-7-6-11/h2-5H,6-7H2,1H3,(H2,12,13,14). The molecule has 1 aromatic carbocycles. The zero-order valence-corrected chi connectivity index (χ0v) is 11.2. The third-order valence-electron chi connectivity index (χ3n) is 1.93. The molecular weight excluding hydrogens is 280 g/mol. The van der Waals surface area contributed by atoms with Crippen molar-refractivity contribution in [3.05, 3.63) is 24.3 Å². The topological polar surface area (TPSA) is 84.5 Å². The molecule has 0 bridgehead atoms. The van der Waals surface area contributed by atoms with Gasteiger partial charge in [0.05, 0.1) is 5.88 Å². The summed E-state index contributed by atoms with van der Waals surface area (Å²) in [5.41, 5.74) is 0. The average Bonchev–Trinajstić information content (AvgIpc) is 2.36. The fourth-order valence-corrected chi connectivity index (χ4v) is 2.35. The van der Waals surface area contributed by atoms with Gasteiger partial charge in [-0.2, -0.15) is 0 Å². The molecule has 0 spiro atoms. The third-order valence-corrected chi connectivity index (χ3v) is 3.45. The van der Waals surface area contributed by atoms with Gasteiger partial charge in [-0.05, 0) is 12.1 Å². The lowest BCUT2D eigenvalue weighted by Crippen LogP contribution is -2.37. The fourth-order valence-electron chi connectivity index (χ4n) is 1.17. The minimum atomic E-state index is -3.96. The van der Waals surface area contributed by atoms with Gasteiger partial charge >= 0.3 is 6.03 Å². The molecule has 0 aliphatic rings. The Bertz CT molecular complexity index is 518. The Morgan fingerprint density at radius 3 is 2.67 bits per heavy atom. The SMILES string of the molecule is CNC(=O)NS(=O)(=O)c1ccccc1OCCCl. The second-order valence-electron chi connectivity index (χ2n) is 3.17. The van der Waals surface area contributed by atoms with Crippen LogP contribution in [0, 0.1) is 0 Å². The van der Waals surface area contributed by atoms with Gasteiger partial charge in [0.1, 0.15) is 17.3 Å². The number of benzene rings is 1. The lowest BCUT2D eigenvalue weighted by atomic mass is 10.3. The zero-order chi connectivity index (χ0) is 13.6. The molecule has 0 aliphatic heterocycles. The summed E-state index contributed by atoms with van der Waals surface area (Å²) in [6.07, 6.45) is 0. The summed E-state index contributed by atoms with van der Waals surface area (Å²) in [7, 11) is -2.64. The number of hydrogen-bond donors (Lipinski definition) is 2. The van der Waals surface area contributed by atoms with Gasteiger partial charge in [0.15, 0.2) is 0 Å². The van der Waals surface area contributed by atoms with Gasteiger partial charge in [0, 0.05) is 7.05 Å². The van der Waals surface area contributed by atoms with Gasteiger partial charge in [0.25, 0.3) is 10.0 Å². The number of ether oxygens (including phenoxy) is 1. The summed E-state index contributed by atoms with van der Waals surface area (Å²) in [5.74, 6) is 0.381. The number of alkyl halides is 1. The van der Waals surface area contributed by atoms with E-state index in [1.807, 2.05) is 4.72 Å². The first-order chi connectivity index (χ1) is 8.51. The van der Waals surface area contributed by atoms with E-state index in [0.717, 1.165) is 0 Å². The van der Waals surface area contributed by atoms with Crippen molar-refractivity contribution in [2.45, 2.75) is 4.90 Å². The molecule has 0 saturated carbocycles. The van der Waals surface area contributed by atoms with Crippen LogP contribution >= 0.6 is 11.6 Å². The maximum absolute atomic E-state index is 11.9. The van der Waals surface area contributed by atoms with Crippen molar-refractivity contribution in [1.82, 2.24) is 10.0 Å². The summed E-state index contributed by atoms with van der Waals surface area (Å²) < 4.78 is 30.9. The number of halogens is 1. The molecule has 1 aromatic rings. The second kappa shape index (κ2) is 6.46. The number of nitrogens with one attached hydrogen (secondary N) is 2. The number of para-hydroxylation sites is 1. The first-order valence-electron chi connectivity index (χ1n) is 5.03. The molecule has 100 valence electrons. The molecule has 0 aromatic heterocycles. The van der Waals surface area contributed by atoms with Gasteiger partial charge in [-0.15, -0.1) is 11.6 Å². The van der Waals surface area contributed by atoms with Crippen LogP contribution in [0.1, 0.15) is 0 Å². The van der Waals surface area contributed by atoms with Gasteiger partial charge in [0.2, 0.25) is 0 Å². The predicted octanol–water partition coefficient (Wildman–Crippen LogP) is 0.922. The van der Waals surface area contributed by atoms with Gasteiger partial charge < -0.3 is 10.1 Å². The van der Waals surface area contributed by atoms with Crippen LogP contribution < -0.4 is 14.8 Å². The molecule has 8 heteroatoms. The van der Waals surface area contributed by atoms with Crippen molar-refractivity contribution in [2.24, 2.45) is 0 Å². The minimum Gasteiger partial charge on any atom is -0.491 e. The number of sulfonamides is 1. The van der Waals surface area contributed by atoms with Crippen LogP contribution in [0.3, 0.4) is 0 Å². The summed E-state index contributed by atoms with van der Waals surface area (Å²) in [4.78, 5) is 11.0. The van der Waals surface area contributed by atoms with Crippen LogP contribution in [-0.4, -0.2) is 34.0 Å². The van der Waals surface area contributed by atoms with E-state index in [1.165, 1.54) is 25.2 Å². The van der Waals surface area contributed by atoms with E-state index in [1.54, 1.807) is 6.07 Å². The normalized spacial score (nSPS) is 10.8. The van der Waals surface area contributed by atoms with Crippen LogP contribution in [0.4, 0.5) is 4.79 Å². The Hall–Kier alpha value is -1.47. The van der Waals surface area contributed by atoms with E-state index in [-0.39, 0.29) is 23.1 Å². The highest BCUT2D eigenvalue weighted by atomic mass is 35.5. The number of hydrogen-bond acceptors (Lipinski definition) is 4. The van der Waals surface area contributed by atoms with Gasteiger partial charge in [-0.25, -0.2) is 17.9 Å². The molecule has 0 saturated heterocycles. The number of carbonyl (C=O) groups is 1. The van der Waals surface area contributed by atoms with Crippen molar-refractivity contribution in [1.29, 1.82) is 0 Å². The van der Waals surface area contributed by atoms with E-state index in [4.69, 9.17) is 16.3 Å². The lowest BCUT2D eigenvalue weighted by Gasteiger charge is -2.11. The van der Waals surface area contributed by atoms with E-state index in [9.17, 15) is 13.2 Å². The second-order valence-corrected chi connectivity index (χ2v) is 5.20. The summed E-state index contributed by atoms with van der Waals surface area (Å²) >= 11 is 5.47. The van der Waals surface area contributed by atoms with Crippen molar-refractivity contribution in [3.63, 3.8) is 0 Å². The quantitative estimate of drug-likeness (QED) is 0.791. The molecule has 1 rings (SSSR count). The van der Waals surface area contributed by atoms with Crippen LogP contribution in [0.2, 0.25) is 0 Å². The van der Waals surface area contributed by atoms with Crippen LogP contribution in [0.15, 0.2) is 29.2 Å². The van der Waals surface area contributed by atoms with Crippen molar-refractivity contribution in [2.75, 3.05) is 19.5 Å². The van der Waals surface area contributed by atoms with E-state index in [2.05, 4.69) is 5.32 Å². The first-order valence-corrected chi connectivity index (χ1v) is 7.05. The van der Waals surface area contributed by atoms with E-state index in [0.29, 0.717) is 0 Å². The molecule has 0 radical (unpaired) electrons. The maximum atomic E-state index is 11.9. The van der Waals surface area contributed by atoms with Crippen LogP contribution in [-0.2, 0) is 10.0 Å². The molecule has 0 fully saturated rings. The molecule has 0 atom stereocenters. The number of carbonyl (C=O) groups excluding carboxylic acids is 1. The minimum absolute atomic E-state index is 0.112. The lowest BCUT2D eigenvalue weighted by molar-refractivity contribution is 0.247. The Labute approximate surface area is 110 Å². The highest BCUT2D eigenvalue weighted by Crippen LogP contribution is 2.22. The average molecular weight is 293 g/mol. The molecular formula is C10H13ClN2O4S. The molecule has 18 heavy (non-hydrogen) atoms. The highest BCUT2D eigenvalue weighted by molar-refractivity contribution is 7.90. The maximum Gasteiger partial charge on any atom is 0.328 e. The first kappa shape index (κ1) is 14.6. The monoisotopic (exact) mass is 292 g/mol. The molecule has 2 N–H and O–H groups in total. The Morgan fingerprint density at radius 1 is 1.39 bits per heavy atom. The predicted molar refractivity (Wildman–Crippen MR) is 67.4 cm³/mol.